The Morgan fingerprint density at radius 2 is 1.94 bits per heavy atom. The third kappa shape index (κ3) is 2.15. The van der Waals surface area contributed by atoms with Gasteiger partial charge in [0.25, 0.3) is 0 Å². The molecule has 0 saturated carbocycles. The van der Waals surface area contributed by atoms with E-state index in [1.807, 2.05) is 17.5 Å². The fourth-order valence-corrected chi connectivity index (χ4v) is 3.49. The maximum Gasteiger partial charge on any atom is 0.0913 e. The highest BCUT2D eigenvalue weighted by Gasteiger charge is 2.26. The lowest BCUT2D eigenvalue weighted by Gasteiger charge is -2.28. The second-order valence-corrected chi connectivity index (χ2v) is 5.71. The first-order chi connectivity index (χ1) is 8.34. The Morgan fingerprint density at radius 3 is 2.71 bits per heavy atom. The van der Waals surface area contributed by atoms with Crippen molar-refractivity contribution >= 4 is 11.3 Å². The lowest BCUT2D eigenvalue weighted by Crippen LogP contribution is -2.20. The lowest BCUT2D eigenvalue weighted by molar-refractivity contribution is 0.103. The molecule has 3 rings (SSSR count). The van der Waals surface area contributed by atoms with E-state index in [1.54, 1.807) is 11.3 Å². The molecule has 1 N–H and O–H groups in total. The number of rotatable bonds is 2. The molecule has 88 valence electrons. The minimum absolute atomic E-state index is 0.289. The number of fused-ring (bicyclic) bond motifs is 1. The van der Waals surface area contributed by atoms with E-state index in [0.29, 0.717) is 5.92 Å². The topological polar surface area (TPSA) is 20.2 Å². The average molecular weight is 244 g/mol. The number of thiophene rings is 1. The van der Waals surface area contributed by atoms with Crippen molar-refractivity contribution in [2.24, 2.45) is 5.92 Å². The molecule has 0 aliphatic heterocycles. The Balaban J connectivity index is 1.80. The van der Waals surface area contributed by atoms with Gasteiger partial charge in [-0.25, -0.2) is 0 Å². The van der Waals surface area contributed by atoms with Gasteiger partial charge in [0.15, 0.2) is 0 Å². The summed E-state index contributed by atoms with van der Waals surface area (Å²) in [7, 11) is 0. The number of benzene rings is 1. The van der Waals surface area contributed by atoms with Gasteiger partial charge in [0.2, 0.25) is 0 Å². The Morgan fingerprint density at radius 1 is 1.12 bits per heavy atom. The summed E-state index contributed by atoms with van der Waals surface area (Å²) in [4.78, 5) is 1.11. The summed E-state index contributed by atoms with van der Waals surface area (Å²) in [5.74, 6) is 0.378. The van der Waals surface area contributed by atoms with Gasteiger partial charge in [0.1, 0.15) is 0 Å². The van der Waals surface area contributed by atoms with Gasteiger partial charge in [-0.1, -0.05) is 30.3 Å². The molecule has 1 heterocycles. The summed E-state index contributed by atoms with van der Waals surface area (Å²) in [5.41, 5.74) is 2.88. The van der Waals surface area contributed by atoms with Gasteiger partial charge in [-0.05, 0) is 47.8 Å². The smallest absolute Gasteiger partial charge is 0.0913 e. The highest BCUT2D eigenvalue weighted by molar-refractivity contribution is 7.10. The summed E-state index contributed by atoms with van der Waals surface area (Å²) in [6, 6.07) is 12.7. The number of hydrogen-bond donors (Lipinski definition) is 1. The van der Waals surface area contributed by atoms with Gasteiger partial charge < -0.3 is 5.11 Å². The first-order valence-corrected chi connectivity index (χ1v) is 7.01. The van der Waals surface area contributed by atoms with Crippen LogP contribution in [-0.4, -0.2) is 5.11 Å². The van der Waals surface area contributed by atoms with E-state index in [2.05, 4.69) is 24.3 Å². The van der Waals surface area contributed by atoms with Crippen LogP contribution in [0.15, 0.2) is 41.8 Å². The van der Waals surface area contributed by atoms with Crippen LogP contribution in [-0.2, 0) is 12.8 Å². The van der Waals surface area contributed by atoms with Crippen LogP contribution in [0.25, 0.3) is 0 Å². The zero-order valence-corrected chi connectivity index (χ0v) is 10.5. The Hall–Kier alpha value is -1.12. The molecule has 17 heavy (non-hydrogen) atoms. The van der Waals surface area contributed by atoms with Crippen molar-refractivity contribution in [1.82, 2.24) is 0 Å². The molecule has 0 amide bonds. The predicted octanol–water partition coefficient (Wildman–Crippen LogP) is 3.59. The van der Waals surface area contributed by atoms with E-state index < -0.39 is 0 Å². The summed E-state index contributed by atoms with van der Waals surface area (Å²) >= 11 is 1.66. The molecule has 0 saturated heterocycles. The molecule has 1 nitrogen and oxygen atoms in total. The summed E-state index contributed by atoms with van der Waals surface area (Å²) in [6.07, 6.45) is 2.91. The van der Waals surface area contributed by atoms with E-state index in [-0.39, 0.29) is 6.10 Å². The molecule has 1 aromatic carbocycles. The van der Waals surface area contributed by atoms with E-state index in [4.69, 9.17) is 0 Å². The molecule has 0 spiro atoms. The summed E-state index contributed by atoms with van der Waals surface area (Å²) in [6.45, 7) is 0. The fourth-order valence-electron chi connectivity index (χ4n) is 2.69. The second kappa shape index (κ2) is 4.63. The van der Waals surface area contributed by atoms with Crippen LogP contribution < -0.4 is 0 Å². The first-order valence-electron chi connectivity index (χ1n) is 6.13. The van der Waals surface area contributed by atoms with Crippen molar-refractivity contribution in [3.05, 3.63) is 57.8 Å². The average Bonchev–Trinajstić information content (AvgIpc) is 2.91. The Labute approximate surface area is 106 Å². The number of aliphatic hydroxyl groups is 1. The van der Waals surface area contributed by atoms with Crippen molar-refractivity contribution in [3.63, 3.8) is 0 Å². The standard InChI is InChI=1S/C15H16OS/c16-15(14-6-3-9-17-14)13-8-7-11-4-1-2-5-12(11)10-13/h1-6,9,13,15-16H,7-8,10H2. The van der Waals surface area contributed by atoms with Crippen LogP contribution in [0.2, 0.25) is 0 Å². The molecule has 1 aliphatic rings. The number of aryl methyl sites for hydroxylation is 1. The second-order valence-electron chi connectivity index (χ2n) is 4.73. The maximum absolute atomic E-state index is 10.4. The molecule has 1 aromatic heterocycles. The zero-order valence-electron chi connectivity index (χ0n) is 9.67. The normalized spacial score (nSPS) is 20.9. The van der Waals surface area contributed by atoms with Crippen LogP contribution in [0.4, 0.5) is 0 Å². The van der Waals surface area contributed by atoms with Crippen molar-refractivity contribution in [1.29, 1.82) is 0 Å². The van der Waals surface area contributed by atoms with E-state index in [0.717, 1.165) is 24.1 Å². The Bertz CT molecular complexity index is 489. The third-order valence-corrected chi connectivity index (χ3v) is 4.61. The molecule has 1 aliphatic carbocycles. The van der Waals surface area contributed by atoms with Crippen molar-refractivity contribution < 1.29 is 5.11 Å². The van der Waals surface area contributed by atoms with Crippen LogP contribution in [0, 0.1) is 5.92 Å². The summed E-state index contributed by atoms with van der Waals surface area (Å²) < 4.78 is 0. The molecule has 0 fully saturated rings. The third-order valence-electron chi connectivity index (χ3n) is 3.67. The molecular formula is C15H16OS. The Kier molecular flexibility index (Phi) is 3.00. The van der Waals surface area contributed by atoms with E-state index in [1.165, 1.54) is 11.1 Å². The van der Waals surface area contributed by atoms with Crippen LogP contribution >= 0.6 is 11.3 Å². The quantitative estimate of drug-likeness (QED) is 0.856. The van der Waals surface area contributed by atoms with E-state index in [9.17, 15) is 5.11 Å². The number of aliphatic hydroxyl groups excluding tert-OH is 1. The monoisotopic (exact) mass is 244 g/mol. The molecule has 2 heteroatoms. The van der Waals surface area contributed by atoms with E-state index >= 15 is 0 Å². The fraction of sp³-hybridized carbons (Fsp3) is 0.333. The van der Waals surface area contributed by atoms with Crippen LogP contribution in [0.3, 0.4) is 0 Å². The zero-order chi connectivity index (χ0) is 11.7. The van der Waals surface area contributed by atoms with Gasteiger partial charge in [-0.3, -0.25) is 0 Å². The lowest BCUT2D eigenvalue weighted by atomic mass is 9.81. The number of hydrogen-bond acceptors (Lipinski definition) is 2. The molecular weight excluding hydrogens is 228 g/mol. The van der Waals surface area contributed by atoms with Crippen molar-refractivity contribution in [2.75, 3.05) is 0 Å². The largest absolute Gasteiger partial charge is 0.387 e. The molecule has 0 radical (unpaired) electrons. The van der Waals surface area contributed by atoms with Crippen molar-refractivity contribution in [2.45, 2.75) is 25.4 Å². The van der Waals surface area contributed by atoms with Gasteiger partial charge in [0, 0.05) is 4.88 Å². The van der Waals surface area contributed by atoms with Gasteiger partial charge in [0.05, 0.1) is 6.10 Å². The predicted molar refractivity (Wildman–Crippen MR) is 71.2 cm³/mol. The van der Waals surface area contributed by atoms with Gasteiger partial charge >= 0.3 is 0 Å². The van der Waals surface area contributed by atoms with Crippen molar-refractivity contribution in [3.8, 4) is 0 Å². The van der Waals surface area contributed by atoms with Gasteiger partial charge in [-0.2, -0.15) is 0 Å². The highest BCUT2D eigenvalue weighted by atomic mass is 32.1. The highest BCUT2D eigenvalue weighted by Crippen LogP contribution is 2.35. The van der Waals surface area contributed by atoms with Gasteiger partial charge in [-0.15, -0.1) is 11.3 Å². The molecule has 2 unspecified atom stereocenters. The molecule has 2 aromatic rings. The minimum Gasteiger partial charge on any atom is -0.387 e. The van der Waals surface area contributed by atoms with Crippen LogP contribution in [0.5, 0.6) is 0 Å². The van der Waals surface area contributed by atoms with Crippen LogP contribution in [0.1, 0.15) is 28.5 Å². The minimum atomic E-state index is -0.289. The molecule has 2 atom stereocenters. The SMILES string of the molecule is OC(c1cccs1)C1CCc2ccccc2C1. The first kappa shape index (κ1) is 11.0. The molecule has 0 bridgehead atoms. The summed E-state index contributed by atoms with van der Waals surface area (Å²) in [5, 5.41) is 12.4. The maximum atomic E-state index is 10.4.